The number of rotatable bonds is 6. The fraction of sp³-hybridized carbons (Fsp3) is 0.500. The molecule has 0 radical (unpaired) electrons. The first-order valence-electron chi connectivity index (χ1n) is 12.9. The fourth-order valence-corrected chi connectivity index (χ4v) is 6.20. The number of methoxy groups -OCH3 is 1. The van der Waals surface area contributed by atoms with Crippen molar-refractivity contribution in [2.24, 2.45) is 7.05 Å². The Morgan fingerprint density at radius 1 is 1.22 bits per heavy atom. The molecule has 0 unspecified atom stereocenters. The Morgan fingerprint density at radius 3 is 2.64 bits per heavy atom. The molecule has 8 heteroatoms. The molecule has 1 fully saturated rings. The predicted octanol–water partition coefficient (Wildman–Crippen LogP) is 3.58. The van der Waals surface area contributed by atoms with Gasteiger partial charge in [0.15, 0.2) is 0 Å². The number of hydrogen-bond donors (Lipinski definition) is 2. The van der Waals surface area contributed by atoms with Gasteiger partial charge in [-0.05, 0) is 67.7 Å². The zero-order chi connectivity index (χ0) is 25.3. The number of fused-ring (bicyclic) bond motifs is 4. The lowest BCUT2D eigenvalue weighted by molar-refractivity contribution is 0.0648. The predicted molar refractivity (Wildman–Crippen MR) is 140 cm³/mol. The van der Waals surface area contributed by atoms with Crippen LogP contribution < -0.4 is 10.1 Å². The molecule has 3 aromatic rings. The molecule has 36 heavy (non-hydrogen) atoms. The van der Waals surface area contributed by atoms with Crippen molar-refractivity contribution < 1.29 is 14.6 Å². The van der Waals surface area contributed by atoms with E-state index in [-0.39, 0.29) is 24.1 Å². The standard InChI is InChI=1S/C28H37N5O3/c1-4-11-30-27(35)33-19-28(9-14-32(15-10-28)17-20-7-12-29-13-8-20)25-22-6-5-21(36-3)16-23(22)31(2)26(25)24(33)18-34/h5-8,12-13,16,24,34H,4,9-11,14-15,17-19H2,1-3H3,(H,30,35)/t24-/m0/s1. The lowest BCUT2D eigenvalue weighted by atomic mass is 9.68. The molecule has 1 atom stereocenters. The maximum absolute atomic E-state index is 13.4. The van der Waals surface area contributed by atoms with Crippen molar-refractivity contribution in [3.63, 3.8) is 0 Å². The number of hydrogen-bond acceptors (Lipinski definition) is 5. The van der Waals surface area contributed by atoms with Gasteiger partial charge >= 0.3 is 6.03 Å². The molecule has 192 valence electrons. The third-order valence-corrected chi connectivity index (χ3v) is 8.08. The lowest BCUT2D eigenvalue weighted by Gasteiger charge is -2.50. The number of urea groups is 1. The highest BCUT2D eigenvalue weighted by molar-refractivity contribution is 5.89. The number of benzene rings is 1. The van der Waals surface area contributed by atoms with Crippen LogP contribution in [0.2, 0.25) is 0 Å². The topological polar surface area (TPSA) is 82.9 Å². The number of aliphatic hydroxyl groups is 1. The smallest absolute Gasteiger partial charge is 0.318 e. The van der Waals surface area contributed by atoms with Crippen LogP contribution in [0.1, 0.15) is 49.0 Å². The first-order valence-corrected chi connectivity index (χ1v) is 12.9. The van der Waals surface area contributed by atoms with Crippen LogP contribution in [-0.2, 0) is 19.0 Å². The molecule has 1 saturated heterocycles. The molecule has 0 aliphatic carbocycles. The minimum atomic E-state index is -0.388. The second-order valence-electron chi connectivity index (χ2n) is 10.2. The maximum atomic E-state index is 13.4. The van der Waals surface area contributed by atoms with E-state index in [1.807, 2.05) is 30.4 Å². The van der Waals surface area contributed by atoms with Gasteiger partial charge in [0.2, 0.25) is 0 Å². The van der Waals surface area contributed by atoms with E-state index in [2.05, 4.69) is 51.0 Å². The summed E-state index contributed by atoms with van der Waals surface area (Å²) in [5.41, 5.74) is 4.51. The molecular weight excluding hydrogens is 454 g/mol. The Bertz CT molecular complexity index is 1220. The molecule has 0 bridgehead atoms. The van der Waals surface area contributed by atoms with E-state index in [4.69, 9.17) is 4.74 Å². The van der Waals surface area contributed by atoms with Gasteiger partial charge in [0.25, 0.3) is 0 Å². The van der Waals surface area contributed by atoms with Crippen molar-refractivity contribution in [3.05, 3.63) is 59.5 Å². The number of piperidine rings is 1. The van der Waals surface area contributed by atoms with E-state index < -0.39 is 0 Å². The average Bonchev–Trinajstić information content (AvgIpc) is 3.21. The van der Waals surface area contributed by atoms with Crippen molar-refractivity contribution in [1.82, 2.24) is 24.7 Å². The van der Waals surface area contributed by atoms with Crippen LogP contribution >= 0.6 is 0 Å². The maximum Gasteiger partial charge on any atom is 0.318 e. The normalized spacial score (nSPS) is 19.4. The van der Waals surface area contributed by atoms with Crippen LogP contribution in [-0.4, -0.2) is 70.4 Å². The van der Waals surface area contributed by atoms with Crippen LogP contribution in [0.5, 0.6) is 5.75 Å². The molecule has 2 N–H and O–H groups in total. The van der Waals surface area contributed by atoms with Crippen LogP contribution in [0, 0.1) is 0 Å². The average molecular weight is 492 g/mol. The Balaban J connectivity index is 1.56. The summed E-state index contributed by atoms with van der Waals surface area (Å²) >= 11 is 0. The molecule has 2 aliphatic heterocycles. The number of likely N-dealkylation sites (tertiary alicyclic amines) is 1. The summed E-state index contributed by atoms with van der Waals surface area (Å²) in [7, 11) is 3.73. The Labute approximate surface area is 212 Å². The quantitative estimate of drug-likeness (QED) is 0.551. The summed E-state index contributed by atoms with van der Waals surface area (Å²) in [5, 5.41) is 14.8. The minimum absolute atomic E-state index is 0.0945. The first kappa shape index (κ1) is 24.6. The van der Waals surface area contributed by atoms with Crippen molar-refractivity contribution in [2.45, 2.75) is 44.2 Å². The molecular formula is C28H37N5O3. The van der Waals surface area contributed by atoms with E-state index in [1.54, 1.807) is 7.11 Å². The van der Waals surface area contributed by atoms with Gasteiger partial charge in [-0.3, -0.25) is 9.88 Å². The molecule has 1 aromatic carbocycles. The van der Waals surface area contributed by atoms with Gasteiger partial charge in [0.1, 0.15) is 5.75 Å². The number of nitrogens with one attached hydrogen (secondary N) is 1. The lowest BCUT2D eigenvalue weighted by Crippen LogP contribution is -2.57. The SMILES string of the molecule is CCCNC(=O)N1CC2(CCN(Cc3ccncc3)CC2)c2c(n(C)c3cc(OC)ccc23)[C@@H]1CO. The number of aromatic nitrogens is 2. The van der Waals surface area contributed by atoms with Crippen molar-refractivity contribution in [1.29, 1.82) is 0 Å². The summed E-state index contributed by atoms with van der Waals surface area (Å²) in [6.45, 7) is 5.96. The zero-order valence-corrected chi connectivity index (χ0v) is 21.5. The van der Waals surface area contributed by atoms with Crippen LogP contribution in [0.25, 0.3) is 10.9 Å². The highest BCUT2D eigenvalue weighted by Gasteiger charge is 2.49. The van der Waals surface area contributed by atoms with E-state index >= 15 is 0 Å². The second-order valence-corrected chi connectivity index (χ2v) is 10.2. The minimum Gasteiger partial charge on any atom is -0.497 e. The van der Waals surface area contributed by atoms with Crippen LogP contribution in [0.4, 0.5) is 4.79 Å². The summed E-state index contributed by atoms with van der Waals surface area (Å²) in [6.07, 6.45) is 6.47. The third kappa shape index (κ3) is 4.22. The Kier molecular flexibility index (Phi) is 6.90. The molecule has 2 aliphatic rings. The number of pyridine rings is 1. The van der Waals surface area contributed by atoms with Crippen LogP contribution in [0.15, 0.2) is 42.7 Å². The van der Waals surface area contributed by atoms with Gasteiger partial charge < -0.3 is 24.6 Å². The number of aliphatic hydroxyl groups excluding tert-OH is 1. The monoisotopic (exact) mass is 491 g/mol. The number of carbonyl (C=O) groups excluding carboxylic acids is 1. The van der Waals surface area contributed by atoms with Crippen molar-refractivity contribution >= 4 is 16.9 Å². The second kappa shape index (κ2) is 10.1. The van der Waals surface area contributed by atoms with Crippen LogP contribution in [0.3, 0.4) is 0 Å². The summed E-state index contributed by atoms with van der Waals surface area (Å²) in [5.74, 6) is 0.805. The molecule has 5 rings (SSSR count). The summed E-state index contributed by atoms with van der Waals surface area (Å²) in [6, 6.07) is 9.90. The van der Waals surface area contributed by atoms with Gasteiger partial charge in [-0.25, -0.2) is 4.79 Å². The molecule has 0 saturated carbocycles. The van der Waals surface area contributed by atoms with Gasteiger partial charge in [0, 0.05) is 61.6 Å². The first-order chi connectivity index (χ1) is 17.5. The van der Waals surface area contributed by atoms with Gasteiger partial charge in [-0.15, -0.1) is 0 Å². The molecule has 2 amide bonds. The largest absolute Gasteiger partial charge is 0.497 e. The number of carbonyl (C=O) groups is 1. The van der Waals surface area contributed by atoms with Gasteiger partial charge in [-0.1, -0.05) is 6.92 Å². The number of aryl methyl sites for hydroxylation is 1. The third-order valence-electron chi connectivity index (χ3n) is 8.08. The number of amides is 2. The summed E-state index contributed by atoms with van der Waals surface area (Å²) in [4.78, 5) is 21.9. The Hall–Kier alpha value is -3.10. The Morgan fingerprint density at radius 2 is 1.97 bits per heavy atom. The van der Waals surface area contributed by atoms with Gasteiger partial charge in [0.05, 0.1) is 25.3 Å². The highest BCUT2D eigenvalue weighted by Crippen LogP contribution is 2.50. The highest BCUT2D eigenvalue weighted by atomic mass is 16.5. The molecule has 4 heterocycles. The molecule has 2 aromatic heterocycles. The zero-order valence-electron chi connectivity index (χ0n) is 21.5. The molecule has 1 spiro atoms. The van der Waals surface area contributed by atoms with Crippen molar-refractivity contribution in [3.8, 4) is 5.75 Å². The van der Waals surface area contributed by atoms with Crippen molar-refractivity contribution in [2.75, 3.05) is 39.9 Å². The molecule has 8 nitrogen and oxygen atoms in total. The van der Waals surface area contributed by atoms with E-state index in [0.717, 1.165) is 55.9 Å². The van der Waals surface area contributed by atoms with E-state index in [1.165, 1.54) is 16.5 Å². The number of nitrogens with zero attached hydrogens (tertiary/aromatic N) is 4. The van der Waals surface area contributed by atoms with E-state index in [0.29, 0.717) is 13.1 Å². The van der Waals surface area contributed by atoms with E-state index in [9.17, 15) is 9.90 Å². The summed E-state index contributed by atoms with van der Waals surface area (Å²) < 4.78 is 7.69. The van der Waals surface area contributed by atoms with Gasteiger partial charge in [-0.2, -0.15) is 0 Å². The number of ether oxygens (including phenoxy) is 1. The fourth-order valence-electron chi connectivity index (χ4n) is 6.20.